The van der Waals surface area contributed by atoms with Gasteiger partial charge in [0.1, 0.15) is 0 Å². The van der Waals surface area contributed by atoms with Crippen LogP contribution in [-0.2, 0) is 12.8 Å². The Balaban J connectivity index is 0.000000235. The van der Waals surface area contributed by atoms with Gasteiger partial charge >= 0.3 is 0 Å². The van der Waals surface area contributed by atoms with E-state index >= 15 is 0 Å². The van der Waals surface area contributed by atoms with E-state index in [1.165, 1.54) is 44.1 Å². The molecule has 0 heteroatoms. The summed E-state index contributed by atoms with van der Waals surface area (Å²) in [6.07, 6.45) is 9.82. The van der Waals surface area contributed by atoms with Crippen molar-refractivity contribution in [2.24, 2.45) is 35.5 Å². The highest BCUT2D eigenvalue weighted by Crippen LogP contribution is 2.51. The molecule has 192 valence electrons. The molecule has 2 bridgehead atoms. The van der Waals surface area contributed by atoms with Gasteiger partial charge in [0.25, 0.3) is 0 Å². The summed E-state index contributed by atoms with van der Waals surface area (Å²) in [6.45, 7) is 20.0. The number of unbranched alkanes of at least 4 members (excludes halogenated alkanes) is 1. The molecule has 0 heterocycles. The Morgan fingerprint density at radius 3 is 1.26 bits per heavy atom. The van der Waals surface area contributed by atoms with Crippen LogP contribution in [0.4, 0.5) is 0 Å². The second-order valence-corrected chi connectivity index (χ2v) is 10.8. The van der Waals surface area contributed by atoms with Crippen molar-refractivity contribution in [2.45, 2.75) is 107 Å². The molecule has 0 nitrogen and oxygen atoms in total. The highest BCUT2D eigenvalue weighted by Gasteiger charge is 2.42. The maximum atomic E-state index is 2.44. The van der Waals surface area contributed by atoms with E-state index in [0.29, 0.717) is 0 Å². The summed E-state index contributed by atoms with van der Waals surface area (Å²) in [4.78, 5) is 0. The van der Waals surface area contributed by atoms with Crippen molar-refractivity contribution in [1.82, 2.24) is 0 Å². The number of aryl methyl sites for hydroxylation is 1. The van der Waals surface area contributed by atoms with Gasteiger partial charge in [-0.05, 0) is 85.7 Å². The smallest absolute Gasteiger partial charge is 0.0248 e. The summed E-state index contributed by atoms with van der Waals surface area (Å²) in [5.74, 6) is 6.04. The number of rotatable bonds is 1. The molecule has 0 spiro atoms. The summed E-state index contributed by atoms with van der Waals surface area (Å²) < 4.78 is 0. The Hall–Kier alpha value is -1.56. The second kappa shape index (κ2) is 17.0. The lowest BCUT2D eigenvalue weighted by Crippen LogP contribution is -2.20. The number of fused-ring (bicyclic) bond motifs is 3. The zero-order valence-corrected chi connectivity index (χ0v) is 24.1. The molecule has 0 aliphatic heterocycles. The number of benzene rings is 2. The standard InChI is InChI=1S/C12H16.C9H16.C7H8.C4H10.C2H6/c1-9-7-11-5-3-4-6-12(11)8-10(9)2;1-6-7(2)9-4-3-8(6)5-9;1-7-5-3-2-4-6-7;1-3-4-2;1-2/h3-6,9-10H,7-8H2,1-2H3;6-9H,3-5H2,1-2H3;2-6H,1H3;3-4H2,1-2H3;1-2H3. The van der Waals surface area contributed by atoms with Crippen molar-refractivity contribution in [1.29, 1.82) is 0 Å². The first-order chi connectivity index (χ1) is 16.4. The SMILES string of the molecule is CC.CC1C2CCC(C2)C1C.CC1Cc2ccccc2CC1C.CCCC.Cc1ccccc1. The van der Waals surface area contributed by atoms with Crippen LogP contribution in [0.2, 0.25) is 0 Å². The molecule has 0 saturated heterocycles. The molecule has 6 unspecified atom stereocenters. The van der Waals surface area contributed by atoms with E-state index in [-0.39, 0.29) is 0 Å². The van der Waals surface area contributed by atoms with E-state index in [9.17, 15) is 0 Å². The van der Waals surface area contributed by atoms with Gasteiger partial charge in [0.15, 0.2) is 0 Å². The molecular weight excluding hydrogens is 408 g/mol. The average molecular weight is 465 g/mol. The summed E-state index contributed by atoms with van der Waals surface area (Å²) in [6, 6.07) is 19.1. The predicted octanol–water partition coefficient (Wildman–Crippen LogP) is 10.6. The van der Waals surface area contributed by atoms with Crippen LogP contribution in [0.5, 0.6) is 0 Å². The lowest BCUT2D eigenvalue weighted by atomic mass is 9.78. The van der Waals surface area contributed by atoms with E-state index in [1.54, 1.807) is 17.5 Å². The van der Waals surface area contributed by atoms with Crippen molar-refractivity contribution in [2.75, 3.05) is 0 Å². The molecule has 0 amide bonds. The lowest BCUT2D eigenvalue weighted by Gasteiger charge is -2.27. The second-order valence-electron chi connectivity index (χ2n) is 10.8. The Bertz CT molecular complexity index is 697. The predicted molar refractivity (Wildman–Crippen MR) is 154 cm³/mol. The van der Waals surface area contributed by atoms with E-state index in [1.807, 2.05) is 32.0 Å². The first-order valence-electron chi connectivity index (χ1n) is 14.5. The zero-order valence-electron chi connectivity index (χ0n) is 24.1. The highest BCUT2D eigenvalue weighted by molar-refractivity contribution is 5.30. The van der Waals surface area contributed by atoms with Crippen molar-refractivity contribution in [3.05, 3.63) is 71.3 Å². The number of hydrogen-bond donors (Lipinski definition) is 0. The summed E-state index contributed by atoms with van der Waals surface area (Å²) >= 11 is 0. The quantitative estimate of drug-likeness (QED) is 0.393. The van der Waals surface area contributed by atoms with Gasteiger partial charge in [-0.1, -0.05) is 128 Å². The molecule has 2 aromatic rings. The molecular formula is C34H56. The molecule has 3 aliphatic rings. The summed E-state index contributed by atoms with van der Waals surface area (Å²) in [7, 11) is 0. The van der Waals surface area contributed by atoms with Gasteiger partial charge in [-0.2, -0.15) is 0 Å². The number of hydrogen-bond acceptors (Lipinski definition) is 0. The van der Waals surface area contributed by atoms with E-state index in [2.05, 4.69) is 84.9 Å². The third-order valence-electron chi connectivity index (χ3n) is 8.44. The molecule has 2 aromatic carbocycles. The van der Waals surface area contributed by atoms with Gasteiger partial charge in [0, 0.05) is 0 Å². The van der Waals surface area contributed by atoms with Gasteiger partial charge in [0.05, 0.1) is 0 Å². The monoisotopic (exact) mass is 464 g/mol. The van der Waals surface area contributed by atoms with Gasteiger partial charge < -0.3 is 0 Å². The minimum atomic E-state index is 0.861. The van der Waals surface area contributed by atoms with Gasteiger partial charge in [-0.15, -0.1) is 0 Å². The van der Waals surface area contributed by atoms with E-state index in [4.69, 9.17) is 0 Å². The molecule has 0 N–H and O–H groups in total. The van der Waals surface area contributed by atoms with Gasteiger partial charge in [-0.25, -0.2) is 0 Å². The summed E-state index contributed by atoms with van der Waals surface area (Å²) in [5.41, 5.74) is 4.47. The zero-order chi connectivity index (χ0) is 25.5. The first-order valence-corrected chi connectivity index (χ1v) is 14.5. The average Bonchev–Trinajstić information content (AvgIpc) is 3.46. The molecule has 0 aromatic heterocycles. The van der Waals surface area contributed by atoms with Gasteiger partial charge in [0.2, 0.25) is 0 Å². The highest BCUT2D eigenvalue weighted by atomic mass is 14.5. The van der Waals surface area contributed by atoms with Crippen LogP contribution in [0.1, 0.15) is 104 Å². The normalized spacial score (nSPS) is 27.8. The van der Waals surface area contributed by atoms with Crippen LogP contribution >= 0.6 is 0 Å². The van der Waals surface area contributed by atoms with Crippen LogP contribution in [-0.4, -0.2) is 0 Å². The van der Waals surface area contributed by atoms with Crippen LogP contribution in [0.3, 0.4) is 0 Å². The van der Waals surface area contributed by atoms with Crippen molar-refractivity contribution in [3.63, 3.8) is 0 Å². The van der Waals surface area contributed by atoms with Crippen molar-refractivity contribution in [3.8, 4) is 0 Å². The van der Waals surface area contributed by atoms with E-state index < -0.39 is 0 Å². The minimum absolute atomic E-state index is 0.861. The Morgan fingerprint density at radius 1 is 0.618 bits per heavy atom. The van der Waals surface area contributed by atoms with Gasteiger partial charge in [-0.3, -0.25) is 0 Å². The fourth-order valence-electron chi connectivity index (χ4n) is 5.45. The Kier molecular flexibility index (Phi) is 15.2. The fraction of sp³-hybridized carbons (Fsp3) is 0.647. The molecule has 5 rings (SSSR count). The van der Waals surface area contributed by atoms with Crippen LogP contribution in [0, 0.1) is 42.4 Å². The third-order valence-corrected chi connectivity index (χ3v) is 8.44. The Morgan fingerprint density at radius 2 is 1.00 bits per heavy atom. The molecule has 3 aliphatic carbocycles. The first kappa shape index (κ1) is 30.5. The van der Waals surface area contributed by atoms with Crippen LogP contribution < -0.4 is 0 Å². The molecule has 34 heavy (non-hydrogen) atoms. The maximum Gasteiger partial charge on any atom is -0.0248 e. The molecule has 2 saturated carbocycles. The lowest BCUT2D eigenvalue weighted by molar-refractivity contribution is 0.259. The topological polar surface area (TPSA) is 0 Å². The van der Waals surface area contributed by atoms with E-state index in [0.717, 1.165) is 35.5 Å². The largest absolute Gasteiger partial charge is 0.0683 e. The van der Waals surface area contributed by atoms with Crippen LogP contribution in [0.25, 0.3) is 0 Å². The van der Waals surface area contributed by atoms with Crippen LogP contribution in [0.15, 0.2) is 54.6 Å². The fourth-order valence-corrected chi connectivity index (χ4v) is 5.45. The molecule has 2 fully saturated rings. The molecule has 6 atom stereocenters. The Labute approximate surface area is 214 Å². The molecule has 0 radical (unpaired) electrons. The minimum Gasteiger partial charge on any atom is -0.0683 e. The van der Waals surface area contributed by atoms with Crippen molar-refractivity contribution >= 4 is 0 Å². The third kappa shape index (κ3) is 9.97. The maximum absolute atomic E-state index is 2.44. The van der Waals surface area contributed by atoms with Crippen molar-refractivity contribution < 1.29 is 0 Å². The summed E-state index contributed by atoms with van der Waals surface area (Å²) in [5, 5.41) is 0.